The molecule has 0 aliphatic carbocycles. The minimum absolute atomic E-state index is 0.221. The molecule has 1 heterocycles. The van der Waals surface area contributed by atoms with Gasteiger partial charge in [-0.05, 0) is 56.1 Å². The minimum Gasteiger partial charge on any atom is -0.491 e. The van der Waals surface area contributed by atoms with E-state index in [1.165, 1.54) is 25.0 Å². The Labute approximate surface area is 125 Å². The number of hydrogen-bond acceptors (Lipinski definition) is 4. The van der Waals surface area contributed by atoms with E-state index in [9.17, 15) is 9.90 Å². The van der Waals surface area contributed by atoms with Gasteiger partial charge in [0, 0.05) is 6.54 Å². The third-order valence-electron chi connectivity index (χ3n) is 3.89. The summed E-state index contributed by atoms with van der Waals surface area (Å²) in [5.41, 5.74) is 0.227. The van der Waals surface area contributed by atoms with Crippen LogP contribution in [0.4, 0.5) is 0 Å². The summed E-state index contributed by atoms with van der Waals surface area (Å²) in [6.07, 6.45) is 1.84. The number of benzene rings is 1. The normalized spacial score (nSPS) is 18.4. The van der Waals surface area contributed by atoms with Crippen molar-refractivity contribution in [1.82, 2.24) is 4.90 Å². The number of hydrogen-bond donors (Lipinski definition) is 2. The fourth-order valence-electron chi connectivity index (χ4n) is 2.48. The molecule has 2 N–H and O–H groups in total. The molecule has 5 nitrogen and oxygen atoms in total. The maximum Gasteiger partial charge on any atom is 0.335 e. The molecule has 2 rings (SSSR count). The van der Waals surface area contributed by atoms with Crippen molar-refractivity contribution in [3.05, 3.63) is 29.8 Å². The molecular formula is C16H23NO4. The highest BCUT2D eigenvalue weighted by atomic mass is 16.5. The second-order valence-electron chi connectivity index (χ2n) is 5.78. The molecule has 1 aromatic rings. The van der Waals surface area contributed by atoms with E-state index in [2.05, 4.69) is 11.8 Å². The number of nitrogens with zero attached hydrogens (tertiary/aromatic N) is 1. The third kappa shape index (κ3) is 5.02. The molecule has 1 saturated heterocycles. The first kappa shape index (κ1) is 15.8. The van der Waals surface area contributed by atoms with Gasteiger partial charge in [0.05, 0.1) is 5.56 Å². The van der Waals surface area contributed by atoms with Gasteiger partial charge in [0.1, 0.15) is 18.5 Å². The number of carboxylic acids is 1. The van der Waals surface area contributed by atoms with E-state index in [0.717, 1.165) is 19.0 Å². The van der Waals surface area contributed by atoms with E-state index in [1.807, 2.05) is 0 Å². The van der Waals surface area contributed by atoms with Gasteiger partial charge >= 0.3 is 5.97 Å². The zero-order chi connectivity index (χ0) is 15.2. The lowest BCUT2D eigenvalue weighted by Crippen LogP contribution is -2.40. The molecule has 116 valence electrons. The van der Waals surface area contributed by atoms with E-state index >= 15 is 0 Å². The van der Waals surface area contributed by atoms with Crippen molar-refractivity contribution in [2.75, 3.05) is 26.2 Å². The molecule has 0 aromatic heterocycles. The average Bonchev–Trinajstić information content (AvgIpc) is 2.48. The van der Waals surface area contributed by atoms with Gasteiger partial charge in [0.2, 0.25) is 0 Å². The van der Waals surface area contributed by atoms with Crippen LogP contribution in [0.25, 0.3) is 0 Å². The predicted molar refractivity (Wildman–Crippen MR) is 79.7 cm³/mol. The number of β-amino-alcohol motifs (C(OH)–C–C–N with tert-alkyl or cyclic N) is 1. The summed E-state index contributed by atoms with van der Waals surface area (Å²) in [4.78, 5) is 13.0. The van der Waals surface area contributed by atoms with Crippen molar-refractivity contribution in [3.8, 4) is 5.75 Å². The topological polar surface area (TPSA) is 70.0 Å². The number of aromatic carboxylic acids is 1. The molecule has 0 radical (unpaired) electrons. The van der Waals surface area contributed by atoms with E-state index in [1.54, 1.807) is 12.1 Å². The molecule has 21 heavy (non-hydrogen) atoms. The number of carboxylic acid groups (broad SMARTS) is 1. The van der Waals surface area contributed by atoms with Gasteiger partial charge in [0.25, 0.3) is 0 Å². The quantitative estimate of drug-likeness (QED) is 0.837. The Morgan fingerprint density at radius 1 is 1.33 bits per heavy atom. The summed E-state index contributed by atoms with van der Waals surface area (Å²) in [5.74, 6) is 0.398. The van der Waals surface area contributed by atoms with Crippen molar-refractivity contribution in [3.63, 3.8) is 0 Å². The van der Waals surface area contributed by atoms with Crippen LogP contribution in [0.3, 0.4) is 0 Å². The van der Waals surface area contributed by atoms with Crippen LogP contribution >= 0.6 is 0 Å². The van der Waals surface area contributed by atoms with Gasteiger partial charge in [-0.15, -0.1) is 0 Å². The smallest absolute Gasteiger partial charge is 0.335 e. The highest BCUT2D eigenvalue weighted by molar-refractivity contribution is 5.87. The molecule has 1 aliphatic rings. The molecule has 1 unspecified atom stereocenters. The van der Waals surface area contributed by atoms with Crippen molar-refractivity contribution in [2.24, 2.45) is 5.92 Å². The minimum atomic E-state index is -0.957. The summed E-state index contributed by atoms with van der Waals surface area (Å²) in [7, 11) is 0. The van der Waals surface area contributed by atoms with E-state index in [4.69, 9.17) is 9.84 Å². The molecule has 0 bridgehead atoms. The molecule has 0 saturated carbocycles. The zero-order valence-corrected chi connectivity index (χ0v) is 12.4. The molecule has 1 atom stereocenters. The number of aliphatic hydroxyl groups excluding tert-OH is 1. The van der Waals surface area contributed by atoms with Crippen molar-refractivity contribution < 1.29 is 19.7 Å². The van der Waals surface area contributed by atoms with Crippen molar-refractivity contribution in [2.45, 2.75) is 25.9 Å². The van der Waals surface area contributed by atoms with Crippen LogP contribution in [0, 0.1) is 5.92 Å². The molecule has 1 aliphatic heterocycles. The maximum atomic E-state index is 10.7. The summed E-state index contributed by atoms with van der Waals surface area (Å²) in [6.45, 7) is 5.17. The van der Waals surface area contributed by atoms with Crippen molar-refractivity contribution >= 4 is 5.97 Å². The molecule has 0 spiro atoms. The van der Waals surface area contributed by atoms with E-state index in [-0.39, 0.29) is 12.2 Å². The third-order valence-corrected chi connectivity index (χ3v) is 3.89. The first-order valence-electron chi connectivity index (χ1n) is 7.41. The monoisotopic (exact) mass is 293 g/mol. The van der Waals surface area contributed by atoms with Crippen molar-refractivity contribution in [1.29, 1.82) is 0 Å². The highest BCUT2D eigenvalue weighted by Gasteiger charge is 2.18. The SMILES string of the molecule is CC1CCN(CC(O)COc2ccc(C(=O)O)cc2)CC1. The molecule has 5 heteroatoms. The number of likely N-dealkylation sites (tertiary alicyclic amines) is 1. The van der Waals surface area contributed by atoms with Gasteiger partial charge < -0.3 is 19.8 Å². The van der Waals surface area contributed by atoms with Gasteiger partial charge in [-0.1, -0.05) is 6.92 Å². The largest absolute Gasteiger partial charge is 0.491 e. The summed E-state index contributed by atoms with van der Waals surface area (Å²) >= 11 is 0. The lowest BCUT2D eigenvalue weighted by molar-refractivity contribution is 0.0562. The van der Waals surface area contributed by atoms with E-state index < -0.39 is 12.1 Å². The van der Waals surface area contributed by atoms with Crippen LogP contribution in [0.15, 0.2) is 24.3 Å². The summed E-state index contributed by atoms with van der Waals surface area (Å²) in [6, 6.07) is 6.21. The molecule has 1 fully saturated rings. The lowest BCUT2D eigenvalue weighted by Gasteiger charge is -2.31. The van der Waals surface area contributed by atoms with Crippen LogP contribution < -0.4 is 4.74 Å². The number of aliphatic hydroxyl groups is 1. The van der Waals surface area contributed by atoms with Crippen LogP contribution in [0.5, 0.6) is 5.75 Å². The van der Waals surface area contributed by atoms with Gasteiger partial charge in [-0.2, -0.15) is 0 Å². The second kappa shape index (κ2) is 7.43. The fourth-order valence-corrected chi connectivity index (χ4v) is 2.48. The standard InChI is InChI=1S/C16H23NO4/c1-12-6-8-17(9-7-12)10-14(18)11-21-15-4-2-13(3-5-15)16(19)20/h2-5,12,14,18H,6-11H2,1H3,(H,19,20). The van der Waals surface area contributed by atoms with Crippen LogP contribution in [-0.2, 0) is 0 Å². The Morgan fingerprint density at radius 3 is 2.52 bits per heavy atom. The Morgan fingerprint density at radius 2 is 1.95 bits per heavy atom. The van der Waals surface area contributed by atoms with E-state index in [0.29, 0.717) is 12.3 Å². The highest BCUT2D eigenvalue weighted by Crippen LogP contribution is 2.16. The maximum absolute atomic E-state index is 10.7. The summed E-state index contributed by atoms with van der Waals surface area (Å²) in [5, 5.41) is 18.8. The Balaban J connectivity index is 1.73. The van der Waals surface area contributed by atoms with Crippen LogP contribution in [-0.4, -0.2) is 53.4 Å². The predicted octanol–water partition coefficient (Wildman–Crippen LogP) is 1.86. The van der Waals surface area contributed by atoms with Crippen LogP contribution in [0.1, 0.15) is 30.1 Å². The molecule has 0 amide bonds. The number of piperidine rings is 1. The van der Waals surface area contributed by atoms with Crippen LogP contribution in [0.2, 0.25) is 0 Å². The number of ether oxygens (including phenoxy) is 1. The Bertz CT molecular complexity index is 452. The first-order valence-corrected chi connectivity index (χ1v) is 7.41. The number of carbonyl (C=O) groups is 1. The Kier molecular flexibility index (Phi) is 5.59. The Hall–Kier alpha value is -1.59. The lowest BCUT2D eigenvalue weighted by atomic mass is 9.99. The molecule has 1 aromatic carbocycles. The number of rotatable bonds is 6. The van der Waals surface area contributed by atoms with Gasteiger partial charge in [0.15, 0.2) is 0 Å². The second-order valence-corrected chi connectivity index (χ2v) is 5.78. The molecular weight excluding hydrogens is 270 g/mol. The van der Waals surface area contributed by atoms with Gasteiger partial charge in [-0.25, -0.2) is 4.79 Å². The summed E-state index contributed by atoms with van der Waals surface area (Å²) < 4.78 is 5.50. The van der Waals surface area contributed by atoms with Gasteiger partial charge in [-0.3, -0.25) is 0 Å². The fraction of sp³-hybridized carbons (Fsp3) is 0.562. The zero-order valence-electron chi connectivity index (χ0n) is 12.4. The first-order chi connectivity index (χ1) is 10.0. The average molecular weight is 293 g/mol.